The second-order valence-electron chi connectivity index (χ2n) is 0.577. The van der Waals surface area contributed by atoms with Gasteiger partial charge in [-0.15, -0.1) is 0 Å². The number of rotatable bonds is 1. The van der Waals surface area contributed by atoms with Crippen LogP contribution in [0.1, 0.15) is 0 Å². The van der Waals surface area contributed by atoms with E-state index in [0.717, 1.165) is 3.86 Å². The molecule has 4 heavy (non-hydrogen) atoms. The molecule has 2 heteroatoms. The monoisotopic (exact) mass is 68.0 g/mol. The molecule has 0 atom stereocenters. The quantitative estimate of drug-likeness (QED) is 0.385. The second-order valence-corrected chi connectivity index (χ2v) is 1.15. The molecule has 0 rings (SSSR count). The molecule has 1 nitrogen and oxygen atoms in total. The van der Waals surface area contributed by atoms with Gasteiger partial charge in [0.25, 0.3) is 0 Å². The molecule has 0 spiro atoms. The molecule has 0 aromatic rings. The van der Waals surface area contributed by atoms with Crippen LogP contribution in [0, 0.1) is 0 Å². The molecule has 0 aromatic heterocycles. The topological polar surface area (TPSA) is 9.23 Å². The molecule has 0 aliphatic heterocycles. The Morgan fingerprint density at radius 1 is 2.00 bits per heavy atom. The van der Waals surface area contributed by atoms with E-state index in [1.807, 2.05) is 0 Å². The average Bonchev–Trinajstić information content (AvgIpc) is 1.37. The maximum atomic E-state index is 4.60. The van der Waals surface area contributed by atoms with Crippen molar-refractivity contribution < 1.29 is 4.74 Å². The van der Waals surface area contributed by atoms with E-state index in [1.165, 1.54) is 27.9 Å². The van der Waals surface area contributed by atoms with Gasteiger partial charge in [0.05, 0.1) is 0 Å². The van der Waals surface area contributed by atoms with Crippen LogP contribution in [0.4, 0.5) is 0 Å². The first kappa shape index (κ1) is 4.96. The van der Waals surface area contributed by atoms with E-state index in [4.69, 9.17) is 0 Å². The van der Waals surface area contributed by atoms with Gasteiger partial charge < -0.3 is 0 Å². The van der Waals surface area contributed by atoms with Crippen LogP contribution < -0.4 is 0 Å². The zero-order chi connectivity index (χ0) is 3.41. The molecule has 0 radical (unpaired) electrons. The Morgan fingerprint density at radius 2 is 2.25 bits per heavy atom. The average molecular weight is 68.1 g/mol. The summed E-state index contributed by atoms with van der Waals surface area (Å²) in [6.07, 6.45) is 0. The van der Waals surface area contributed by atoms with E-state index in [-0.39, 0.29) is 0 Å². The molecule has 0 N–H and O–H groups in total. The summed E-state index contributed by atoms with van der Waals surface area (Å²) in [5, 5.41) is 0. The Hall–Kier alpha value is 0.960. The van der Waals surface area contributed by atoms with E-state index in [0.29, 0.717) is 0 Å². The van der Waals surface area contributed by atoms with Crippen molar-refractivity contribution in [3.05, 3.63) is 0 Å². The van der Waals surface area contributed by atoms with Crippen molar-refractivity contribution in [3.8, 4) is 0 Å². The Kier molecular flexibility index (Phi) is 4.91. The molecular weight excluding hydrogens is 63.0 g/mol. The van der Waals surface area contributed by atoms with E-state index < -0.39 is 0 Å². The van der Waals surface area contributed by atoms with Gasteiger partial charge in [0.15, 0.2) is 0 Å². The van der Waals surface area contributed by atoms with Crippen LogP contribution in [0.15, 0.2) is 0 Å². The van der Waals surface area contributed by atoms with E-state index >= 15 is 0 Å². The van der Waals surface area contributed by atoms with Crippen LogP contribution >= 0.6 is 0 Å². The number of methoxy groups -OCH3 is 1. The summed E-state index contributed by atoms with van der Waals surface area (Å²) in [4.78, 5) is 0. The molecule has 20 valence electrons. The third-order valence-electron chi connectivity index (χ3n) is 0.289. The molecule has 0 aromatic carbocycles. The SMILES string of the molecule is CO[CH2][Na]. The van der Waals surface area contributed by atoms with Gasteiger partial charge in [-0.1, -0.05) is 0 Å². The standard InChI is InChI=1S/C2H5O.Na/c1-3-2;/h1H2,2H3;. The summed E-state index contributed by atoms with van der Waals surface area (Å²) in [6, 6.07) is 0. The molecular formula is C2H5NaO. The fourth-order valence-electron chi connectivity index (χ4n) is 0. The van der Waals surface area contributed by atoms with Crippen LogP contribution in [0.2, 0.25) is 0 Å². The normalized spacial score (nSPS) is 7.75. The number of hydrogen-bond acceptors (Lipinski definition) is 1. The van der Waals surface area contributed by atoms with Crippen molar-refractivity contribution in [2.45, 2.75) is 0 Å². The molecule has 0 bridgehead atoms. The predicted octanol–water partition coefficient (Wildman–Crippen LogP) is -0.241. The van der Waals surface area contributed by atoms with Crippen molar-refractivity contribution in [1.29, 1.82) is 0 Å². The van der Waals surface area contributed by atoms with E-state index in [2.05, 4.69) is 4.74 Å². The Bertz CT molecular complexity index is 8.00. The fraction of sp³-hybridized carbons (Fsp3) is 1.00. The third kappa shape index (κ3) is 2.96. The van der Waals surface area contributed by atoms with Crippen molar-refractivity contribution in [2.75, 3.05) is 11.0 Å². The molecule has 0 saturated heterocycles. The van der Waals surface area contributed by atoms with Gasteiger partial charge in [-0.2, -0.15) is 0 Å². The van der Waals surface area contributed by atoms with Crippen LogP contribution in [0.25, 0.3) is 0 Å². The van der Waals surface area contributed by atoms with Crippen molar-refractivity contribution in [2.24, 2.45) is 0 Å². The molecule has 0 unspecified atom stereocenters. The molecule has 0 aliphatic carbocycles. The van der Waals surface area contributed by atoms with Crippen molar-refractivity contribution in [3.63, 3.8) is 0 Å². The predicted molar refractivity (Wildman–Crippen MR) is 17.6 cm³/mol. The summed E-state index contributed by atoms with van der Waals surface area (Å²) in [6.45, 7) is 0. The zero-order valence-corrected chi connectivity index (χ0v) is 5.12. The first-order valence-electron chi connectivity index (χ1n) is 1.40. The van der Waals surface area contributed by atoms with Crippen molar-refractivity contribution in [1.82, 2.24) is 0 Å². The second kappa shape index (κ2) is 3.96. The number of hydrogen-bond donors (Lipinski definition) is 0. The van der Waals surface area contributed by atoms with Gasteiger partial charge in [-0.25, -0.2) is 0 Å². The van der Waals surface area contributed by atoms with Gasteiger partial charge in [-0.3, -0.25) is 0 Å². The van der Waals surface area contributed by atoms with Crippen LogP contribution in [-0.4, -0.2) is 38.9 Å². The minimum atomic E-state index is 0.958. The molecule has 0 heterocycles. The van der Waals surface area contributed by atoms with Gasteiger partial charge in [0, 0.05) is 0 Å². The fourth-order valence-corrected chi connectivity index (χ4v) is 0. The Labute approximate surface area is 43.8 Å². The number of ether oxygens (including phenoxy) is 1. The summed E-state index contributed by atoms with van der Waals surface area (Å²) in [5.74, 6) is 0. The van der Waals surface area contributed by atoms with Gasteiger partial charge in [0.2, 0.25) is 0 Å². The third-order valence-corrected chi connectivity index (χ3v) is 0.866. The summed E-state index contributed by atoms with van der Waals surface area (Å²) in [7, 11) is 1.72. The van der Waals surface area contributed by atoms with Gasteiger partial charge >= 0.3 is 43.6 Å². The summed E-state index contributed by atoms with van der Waals surface area (Å²) >= 11 is 1.17. The van der Waals surface area contributed by atoms with Crippen LogP contribution in [-0.2, 0) is 4.74 Å². The molecule has 0 amide bonds. The van der Waals surface area contributed by atoms with Crippen molar-refractivity contribution >= 4 is 27.9 Å². The van der Waals surface area contributed by atoms with E-state index in [1.54, 1.807) is 7.11 Å². The summed E-state index contributed by atoms with van der Waals surface area (Å²) < 4.78 is 5.56. The molecule has 0 aliphatic rings. The first-order valence-corrected chi connectivity index (χ1v) is 2.82. The van der Waals surface area contributed by atoms with E-state index in [9.17, 15) is 0 Å². The zero-order valence-electron chi connectivity index (χ0n) is 3.12. The molecule has 0 fully saturated rings. The minimum absolute atomic E-state index is 0.958. The first-order chi connectivity index (χ1) is 1.91. The summed E-state index contributed by atoms with van der Waals surface area (Å²) in [5.41, 5.74) is 0. The Balaban J connectivity index is 1.97. The van der Waals surface area contributed by atoms with Gasteiger partial charge in [0.1, 0.15) is 0 Å². The Morgan fingerprint density at radius 3 is 2.25 bits per heavy atom. The maximum absolute atomic E-state index is 4.60. The molecule has 0 saturated carbocycles. The van der Waals surface area contributed by atoms with Crippen LogP contribution in [0.3, 0.4) is 0 Å². The van der Waals surface area contributed by atoms with Crippen LogP contribution in [0.5, 0.6) is 0 Å². The van der Waals surface area contributed by atoms with Gasteiger partial charge in [-0.05, 0) is 0 Å².